The fraction of sp³-hybridized carbons (Fsp3) is 0.200. The van der Waals surface area contributed by atoms with E-state index in [0.29, 0.717) is 28.6 Å². The first-order chi connectivity index (χ1) is 14.9. The highest BCUT2D eigenvalue weighted by Gasteiger charge is 2.20. The summed E-state index contributed by atoms with van der Waals surface area (Å²) in [7, 11) is 4.53. The Hall–Kier alpha value is -4.28. The van der Waals surface area contributed by atoms with Crippen LogP contribution in [0.25, 0.3) is 0 Å². The van der Waals surface area contributed by atoms with E-state index in [4.69, 9.17) is 19.9 Å². The first-order valence-corrected chi connectivity index (χ1v) is 9.11. The molecule has 2 amide bonds. The van der Waals surface area contributed by atoms with Crippen molar-refractivity contribution in [2.24, 2.45) is 0 Å². The number of ether oxygens (including phenoxy) is 3. The smallest absolute Gasteiger partial charge is 0.280 e. The fourth-order valence-electron chi connectivity index (χ4n) is 2.72. The summed E-state index contributed by atoms with van der Waals surface area (Å²) in [5, 5.41) is 13.0. The Balaban J connectivity index is 1.69. The summed E-state index contributed by atoms with van der Waals surface area (Å²) >= 11 is 0. The van der Waals surface area contributed by atoms with Crippen LogP contribution in [0.1, 0.15) is 10.5 Å². The number of methoxy groups -OCH3 is 3. The zero-order valence-corrected chi connectivity index (χ0v) is 17.2. The molecule has 3 aromatic rings. The van der Waals surface area contributed by atoms with Gasteiger partial charge >= 0.3 is 0 Å². The standard InChI is InChI=1S/C20H22N6O5/c1-29-13-6-4-5-12(9-13)22-17(27)11-26-19(21)18(24-25-26)20(28)23-15-8-7-14(30-2)10-16(15)31-3/h4-10H,11,21H2,1-3H3,(H,22,27)(H,23,28). The molecule has 162 valence electrons. The Morgan fingerprint density at radius 3 is 2.45 bits per heavy atom. The van der Waals surface area contributed by atoms with Crippen LogP contribution in [0.4, 0.5) is 17.2 Å². The largest absolute Gasteiger partial charge is 0.497 e. The molecule has 0 unspecified atom stereocenters. The van der Waals surface area contributed by atoms with Crippen molar-refractivity contribution in [2.75, 3.05) is 37.7 Å². The molecule has 1 aromatic heterocycles. The molecule has 0 saturated heterocycles. The monoisotopic (exact) mass is 426 g/mol. The highest BCUT2D eigenvalue weighted by Crippen LogP contribution is 2.29. The second-order valence-electron chi connectivity index (χ2n) is 6.28. The van der Waals surface area contributed by atoms with Crippen molar-refractivity contribution in [2.45, 2.75) is 6.54 Å². The quantitative estimate of drug-likeness (QED) is 0.495. The van der Waals surface area contributed by atoms with Crippen molar-refractivity contribution < 1.29 is 23.8 Å². The minimum absolute atomic E-state index is 0.0502. The van der Waals surface area contributed by atoms with E-state index < -0.39 is 11.8 Å². The third kappa shape index (κ3) is 5.01. The third-order valence-corrected chi connectivity index (χ3v) is 4.29. The van der Waals surface area contributed by atoms with E-state index >= 15 is 0 Å². The van der Waals surface area contributed by atoms with Crippen LogP contribution in [-0.2, 0) is 11.3 Å². The highest BCUT2D eigenvalue weighted by molar-refractivity contribution is 6.06. The molecule has 1 heterocycles. The summed E-state index contributed by atoms with van der Waals surface area (Å²) in [5.41, 5.74) is 6.82. The summed E-state index contributed by atoms with van der Waals surface area (Å²) in [6, 6.07) is 11.8. The van der Waals surface area contributed by atoms with Gasteiger partial charge < -0.3 is 30.6 Å². The van der Waals surface area contributed by atoms with Crippen LogP contribution in [0.3, 0.4) is 0 Å². The molecule has 0 aliphatic heterocycles. The number of benzene rings is 2. The van der Waals surface area contributed by atoms with E-state index in [9.17, 15) is 9.59 Å². The molecule has 0 atom stereocenters. The molecule has 11 heteroatoms. The molecule has 2 aromatic carbocycles. The lowest BCUT2D eigenvalue weighted by Gasteiger charge is -2.11. The molecule has 0 aliphatic rings. The Bertz CT molecular complexity index is 1100. The van der Waals surface area contributed by atoms with Crippen LogP contribution in [-0.4, -0.2) is 48.1 Å². The molecule has 0 saturated carbocycles. The number of nitrogens with zero attached hydrogens (tertiary/aromatic N) is 3. The number of nitrogens with one attached hydrogen (secondary N) is 2. The topological polar surface area (TPSA) is 143 Å². The van der Waals surface area contributed by atoms with Gasteiger partial charge in [-0.1, -0.05) is 11.3 Å². The summed E-state index contributed by atoms with van der Waals surface area (Å²) in [6.07, 6.45) is 0. The van der Waals surface area contributed by atoms with Gasteiger partial charge in [0.25, 0.3) is 5.91 Å². The SMILES string of the molecule is COc1cccc(NC(=O)Cn2nnc(C(=O)Nc3ccc(OC)cc3OC)c2N)c1. The maximum absolute atomic E-state index is 12.6. The first kappa shape index (κ1) is 21.4. The van der Waals surface area contributed by atoms with Gasteiger partial charge in [-0.25, -0.2) is 4.68 Å². The number of rotatable bonds is 8. The zero-order valence-electron chi connectivity index (χ0n) is 17.2. The molecular weight excluding hydrogens is 404 g/mol. The lowest BCUT2D eigenvalue weighted by Crippen LogP contribution is -2.21. The predicted molar refractivity (Wildman–Crippen MR) is 114 cm³/mol. The minimum Gasteiger partial charge on any atom is -0.497 e. The van der Waals surface area contributed by atoms with Crippen molar-refractivity contribution in [1.82, 2.24) is 15.0 Å². The number of carbonyl (C=O) groups is 2. The van der Waals surface area contributed by atoms with Gasteiger partial charge in [0.2, 0.25) is 5.91 Å². The molecule has 0 fully saturated rings. The molecule has 0 radical (unpaired) electrons. The van der Waals surface area contributed by atoms with Gasteiger partial charge in [-0.3, -0.25) is 9.59 Å². The third-order valence-electron chi connectivity index (χ3n) is 4.29. The van der Waals surface area contributed by atoms with Crippen LogP contribution in [0.2, 0.25) is 0 Å². The van der Waals surface area contributed by atoms with Crippen LogP contribution < -0.4 is 30.6 Å². The average molecular weight is 426 g/mol. The van der Waals surface area contributed by atoms with Crippen LogP contribution >= 0.6 is 0 Å². The summed E-state index contributed by atoms with van der Waals surface area (Å²) < 4.78 is 16.6. The molecule has 11 nitrogen and oxygen atoms in total. The fourth-order valence-corrected chi connectivity index (χ4v) is 2.72. The normalized spacial score (nSPS) is 10.3. The van der Waals surface area contributed by atoms with Gasteiger partial charge in [-0.05, 0) is 24.3 Å². The van der Waals surface area contributed by atoms with Crippen molar-refractivity contribution in [3.63, 3.8) is 0 Å². The minimum atomic E-state index is -0.597. The van der Waals surface area contributed by atoms with Crippen LogP contribution in [0, 0.1) is 0 Å². The van der Waals surface area contributed by atoms with Gasteiger partial charge in [0.1, 0.15) is 23.8 Å². The molecule has 3 rings (SSSR count). The highest BCUT2D eigenvalue weighted by atomic mass is 16.5. The van der Waals surface area contributed by atoms with E-state index in [2.05, 4.69) is 20.9 Å². The Kier molecular flexibility index (Phi) is 6.55. The second-order valence-corrected chi connectivity index (χ2v) is 6.28. The number of anilines is 3. The summed E-state index contributed by atoms with van der Waals surface area (Å²) in [4.78, 5) is 24.9. The van der Waals surface area contributed by atoms with Gasteiger partial charge in [0.05, 0.1) is 27.0 Å². The van der Waals surface area contributed by atoms with E-state index in [1.54, 1.807) is 42.5 Å². The van der Waals surface area contributed by atoms with Gasteiger partial charge in [0.15, 0.2) is 11.5 Å². The van der Waals surface area contributed by atoms with Crippen molar-refractivity contribution in [1.29, 1.82) is 0 Å². The van der Waals surface area contributed by atoms with Crippen molar-refractivity contribution in [3.05, 3.63) is 48.2 Å². The Labute approximate surface area is 178 Å². The van der Waals surface area contributed by atoms with Gasteiger partial charge in [0, 0.05) is 17.8 Å². The van der Waals surface area contributed by atoms with Gasteiger partial charge in [-0.15, -0.1) is 5.10 Å². The van der Waals surface area contributed by atoms with Gasteiger partial charge in [-0.2, -0.15) is 0 Å². The van der Waals surface area contributed by atoms with Crippen molar-refractivity contribution in [3.8, 4) is 17.2 Å². The van der Waals surface area contributed by atoms with E-state index in [-0.39, 0.29) is 18.1 Å². The van der Waals surface area contributed by atoms with Crippen molar-refractivity contribution >= 4 is 29.0 Å². The van der Waals surface area contributed by atoms with E-state index in [1.807, 2.05) is 0 Å². The first-order valence-electron chi connectivity index (χ1n) is 9.11. The lowest BCUT2D eigenvalue weighted by atomic mass is 10.2. The Morgan fingerprint density at radius 1 is 1.00 bits per heavy atom. The van der Waals surface area contributed by atoms with Crippen LogP contribution in [0.15, 0.2) is 42.5 Å². The Morgan fingerprint density at radius 2 is 1.74 bits per heavy atom. The van der Waals surface area contributed by atoms with Crippen LogP contribution in [0.5, 0.6) is 17.2 Å². The number of nitrogen functional groups attached to an aromatic ring is 1. The molecule has 0 aliphatic carbocycles. The predicted octanol–water partition coefficient (Wildman–Crippen LogP) is 1.78. The number of hydrogen-bond donors (Lipinski definition) is 3. The maximum atomic E-state index is 12.6. The molecule has 4 N–H and O–H groups in total. The molecule has 0 bridgehead atoms. The molecule has 31 heavy (non-hydrogen) atoms. The number of carbonyl (C=O) groups excluding carboxylic acids is 2. The number of aromatic nitrogens is 3. The zero-order chi connectivity index (χ0) is 22.4. The molecule has 0 spiro atoms. The second kappa shape index (κ2) is 9.48. The maximum Gasteiger partial charge on any atom is 0.280 e. The number of amides is 2. The molecular formula is C20H22N6O5. The summed E-state index contributed by atoms with van der Waals surface area (Å²) in [6.45, 7) is -0.227. The lowest BCUT2D eigenvalue weighted by molar-refractivity contribution is -0.116. The van der Waals surface area contributed by atoms with E-state index in [0.717, 1.165) is 4.68 Å². The number of hydrogen-bond acceptors (Lipinski definition) is 8. The number of nitrogens with two attached hydrogens (primary N) is 1. The summed E-state index contributed by atoms with van der Waals surface area (Å²) in [5.74, 6) is 0.532. The van der Waals surface area contributed by atoms with E-state index in [1.165, 1.54) is 21.3 Å². The average Bonchev–Trinajstić information content (AvgIpc) is 3.14.